The highest BCUT2D eigenvalue weighted by molar-refractivity contribution is 7.92. The Bertz CT molecular complexity index is 1260. The summed E-state index contributed by atoms with van der Waals surface area (Å²) in [6.45, 7) is 7.51. The summed E-state index contributed by atoms with van der Waals surface area (Å²) >= 11 is 0. The SMILES string of the molecule is CCOc1ccc(S(=O)(=O)Nc2cc(C(=O)N3CCOCC3)ccc2N2CCNCC2)cc1.O=C(O)C(F)(F)F. The molecule has 0 unspecified atom stereocenters. The maximum Gasteiger partial charge on any atom is 0.490 e. The fourth-order valence-electron chi connectivity index (χ4n) is 3.97. The fourth-order valence-corrected chi connectivity index (χ4v) is 5.03. The number of carbonyl (C=O) groups is 2. The predicted molar refractivity (Wildman–Crippen MR) is 140 cm³/mol. The molecule has 2 saturated heterocycles. The Kier molecular flexibility index (Phi) is 10.6. The smallest absolute Gasteiger partial charge is 0.490 e. The molecule has 0 atom stereocenters. The lowest BCUT2D eigenvalue weighted by Gasteiger charge is -2.32. The van der Waals surface area contributed by atoms with Gasteiger partial charge in [-0.2, -0.15) is 13.2 Å². The lowest BCUT2D eigenvalue weighted by Crippen LogP contribution is -2.44. The van der Waals surface area contributed by atoms with Crippen molar-refractivity contribution >= 4 is 33.3 Å². The van der Waals surface area contributed by atoms with Crippen LogP contribution >= 0.6 is 0 Å². The van der Waals surface area contributed by atoms with Crippen molar-refractivity contribution in [3.8, 4) is 5.75 Å². The van der Waals surface area contributed by atoms with Crippen molar-refractivity contribution in [1.82, 2.24) is 10.2 Å². The van der Waals surface area contributed by atoms with Gasteiger partial charge >= 0.3 is 12.1 Å². The minimum Gasteiger partial charge on any atom is -0.494 e. The number of anilines is 2. The van der Waals surface area contributed by atoms with E-state index in [1.54, 1.807) is 29.2 Å². The molecule has 40 heavy (non-hydrogen) atoms. The number of aliphatic carboxylic acids is 1. The summed E-state index contributed by atoms with van der Waals surface area (Å²) in [5.74, 6) is -2.28. The normalized spacial score (nSPS) is 16.0. The second-order valence-corrected chi connectivity index (χ2v) is 10.4. The Hall–Kier alpha value is -3.56. The van der Waals surface area contributed by atoms with Crippen LogP contribution in [0.15, 0.2) is 47.4 Å². The summed E-state index contributed by atoms with van der Waals surface area (Å²) in [4.78, 5) is 25.9. The number of rotatable bonds is 7. The first kappa shape index (κ1) is 31.0. The average Bonchev–Trinajstić information content (AvgIpc) is 2.94. The molecule has 15 heteroatoms. The molecule has 0 radical (unpaired) electrons. The van der Waals surface area contributed by atoms with Gasteiger partial charge in [-0.05, 0) is 49.4 Å². The zero-order valence-corrected chi connectivity index (χ0v) is 22.6. The zero-order valence-electron chi connectivity index (χ0n) is 21.7. The number of piperazine rings is 1. The minimum absolute atomic E-state index is 0.127. The maximum atomic E-state index is 13.2. The lowest BCUT2D eigenvalue weighted by atomic mass is 10.1. The topological polar surface area (TPSA) is 138 Å². The number of alkyl halides is 3. The molecule has 0 aliphatic carbocycles. The predicted octanol–water partition coefficient (Wildman–Crippen LogP) is 2.40. The van der Waals surface area contributed by atoms with Crippen LogP contribution in [0, 0.1) is 0 Å². The van der Waals surface area contributed by atoms with Crippen LogP contribution < -0.4 is 19.7 Å². The van der Waals surface area contributed by atoms with E-state index in [4.69, 9.17) is 19.4 Å². The van der Waals surface area contributed by atoms with Crippen molar-refractivity contribution < 1.29 is 45.8 Å². The van der Waals surface area contributed by atoms with Gasteiger partial charge in [-0.3, -0.25) is 9.52 Å². The molecule has 2 fully saturated rings. The van der Waals surface area contributed by atoms with Gasteiger partial charge < -0.3 is 29.7 Å². The van der Waals surface area contributed by atoms with Crippen molar-refractivity contribution in [2.45, 2.75) is 18.0 Å². The lowest BCUT2D eigenvalue weighted by molar-refractivity contribution is -0.192. The Morgan fingerprint density at radius 1 is 1.05 bits per heavy atom. The van der Waals surface area contributed by atoms with Gasteiger partial charge in [0.2, 0.25) is 0 Å². The highest BCUT2D eigenvalue weighted by Gasteiger charge is 2.38. The summed E-state index contributed by atoms with van der Waals surface area (Å²) in [5.41, 5.74) is 1.59. The number of hydrogen-bond acceptors (Lipinski definition) is 8. The number of sulfonamides is 1. The first-order valence-corrected chi connectivity index (χ1v) is 13.9. The summed E-state index contributed by atoms with van der Waals surface area (Å²) < 4.78 is 71.6. The fraction of sp³-hybridized carbons (Fsp3) is 0.440. The Morgan fingerprint density at radius 2 is 1.65 bits per heavy atom. The Balaban J connectivity index is 0.000000559. The van der Waals surface area contributed by atoms with Gasteiger partial charge in [0.05, 0.1) is 36.1 Å². The highest BCUT2D eigenvalue weighted by atomic mass is 32.2. The van der Waals surface area contributed by atoms with Crippen LogP contribution in [0.25, 0.3) is 0 Å². The van der Waals surface area contributed by atoms with Gasteiger partial charge in [0.1, 0.15) is 5.75 Å². The van der Waals surface area contributed by atoms with E-state index in [0.717, 1.165) is 31.9 Å². The molecule has 0 spiro atoms. The van der Waals surface area contributed by atoms with Gasteiger partial charge in [-0.25, -0.2) is 13.2 Å². The van der Waals surface area contributed by atoms with E-state index >= 15 is 0 Å². The number of carbonyl (C=O) groups excluding carboxylic acids is 1. The highest BCUT2D eigenvalue weighted by Crippen LogP contribution is 2.31. The van der Waals surface area contributed by atoms with Crippen LogP contribution in [-0.2, 0) is 19.6 Å². The van der Waals surface area contributed by atoms with Crippen molar-refractivity contribution in [2.24, 2.45) is 0 Å². The van der Waals surface area contributed by atoms with E-state index in [-0.39, 0.29) is 10.8 Å². The first-order chi connectivity index (χ1) is 18.9. The molecule has 0 bridgehead atoms. The van der Waals surface area contributed by atoms with Crippen molar-refractivity contribution in [3.05, 3.63) is 48.0 Å². The van der Waals surface area contributed by atoms with E-state index in [1.807, 2.05) is 13.0 Å². The molecule has 2 aliphatic heterocycles. The summed E-state index contributed by atoms with van der Waals surface area (Å²) in [7, 11) is -3.87. The van der Waals surface area contributed by atoms with Gasteiger partial charge in [-0.1, -0.05) is 0 Å². The van der Waals surface area contributed by atoms with Crippen LogP contribution in [0.4, 0.5) is 24.5 Å². The van der Waals surface area contributed by atoms with E-state index in [1.165, 1.54) is 12.1 Å². The monoisotopic (exact) mass is 588 g/mol. The number of nitrogens with zero attached hydrogens (tertiary/aromatic N) is 2. The van der Waals surface area contributed by atoms with E-state index in [9.17, 15) is 26.4 Å². The third-order valence-electron chi connectivity index (χ3n) is 5.93. The number of amides is 1. The molecule has 2 aromatic rings. The van der Waals surface area contributed by atoms with Crippen LogP contribution in [0.5, 0.6) is 5.75 Å². The molecule has 220 valence electrons. The molecule has 1 amide bonds. The molecular weight excluding hydrogens is 557 g/mol. The molecule has 2 aromatic carbocycles. The zero-order chi connectivity index (χ0) is 29.3. The van der Waals surface area contributed by atoms with Gasteiger partial charge in [0, 0.05) is 44.8 Å². The van der Waals surface area contributed by atoms with Crippen molar-refractivity contribution in [3.63, 3.8) is 0 Å². The average molecular weight is 589 g/mol. The molecular formula is C25H31F3N4O7S. The molecule has 4 rings (SSSR count). The quantitative estimate of drug-likeness (QED) is 0.445. The van der Waals surface area contributed by atoms with Crippen molar-refractivity contribution in [2.75, 3.05) is 68.7 Å². The molecule has 11 nitrogen and oxygen atoms in total. The summed E-state index contributed by atoms with van der Waals surface area (Å²) in [6, 6.07) is 11.5. The Morgan fingerprint density at radius 3 is 2.20 bits per heavy atom. The standard InChI is InChI=1S/C23H30N4O5S.C2HF3O2/c1-2-32-19-4-6-20(7-5-19)33(29,30)25-21-17-18(23(28)27-13-15-31-16-14-27)3-8-22(21)26-11-9-24-10-12-26;3-2(4,5)1(6)7/h3-8,17,24-25H,2,9-16H2,1H3;(H,6,7). The van der Waals surface area contributed by atoms with Gasteiger partial charge in [0.15, 0.2) is 0 Å². The molecule has 3 N–H and O–H groups in total. The first-order valence-electron chi connectivity index (χ1n) is 12.4. The number of carboxylic acid groups (broad SMARTS) is 1. The third kappa shape index (κ3) is 8.47. The van der Waals surface area contributed by atoms with Gasteiger partial charge in [0.25, 0.3) is 15.9 Å². The maximum absolute atomic E-state index is 13.2. The number of halogens is 3. The van der Waals surface area contributed by atoms with Crippen LogP contribution in [-0.4, -0.2) is 95.6 Å². The largest absolute Gasteiger partial charge is 0.494 e. The van der Waals surface area contributed by atoms with Crippen LogP contribution in [0.3, 0.4) is 0 Å². The molecule has 0 saturated carbocycles. The number of benzene rings is 2. The molecule has 0 aromatic heterocycles. The van der Waals surface area contributed by atoms with E-state index < -0.39 is 22.2 Å². The van der Waals surface area contributed by atoms with Crippen LogP contribution in [0.1, 0.15) is 17.3 Å². The number of hydrogen-bond donors (Lipinski definition) is 3. The van der Waals surface area contributed by atoms with E-state index in [0.29, 0.717) is 49.9 Å². The number of nitrogens with one attached hydrogen (secondary N) is 2. The second-order valence-electron chi connectivity index (χ2n) is 8.69. The number of ether oxygens (including phenoxy) is 2. The Labute approximate surface area is 229 Å². The molecule has 2 aliphatic rings. The summed E-state index contributed by atoms with van der Waals surface area (Å²) in [5, 5.41) is 10.4. The summed E-state index contributed by atoms with van der Waals surface area (Å²) in [6.07, 6.45) is -5.08. The third-order valence-corrected chi connectivity index (χ3v) is 7.31. The van der Waals surface area contributed by atoms with Crippen molar-refractivity contribution in [1.29, 1.82) is 0 Å². The van der Waals surface area contributed by atoms with Gasteiger partial charge in [-0.15, -0.1) is 0 Å². The van der Waals surface area contributed by atoms with Crippen LogP contribution in [0.2, 0.25) is 0 Å². The number of morpholine rings is 1. The van der Waals surface area contributed by atoms with E-state index in [2.05, 4.69) is 14.9 Å². The molecule has 2 heterocycles. The minimum atomic E-state index is -5.08. The second kappa shape index (κ2) is 13.7. The number of carboxylic acids is 1.